The number of hydrogen-bond acceptors (Lipinski definition) is 7. The Morgan fingerprint density at radius 2 is 1.64 bits per heavy atom. The summed E-state index contributed by atoms with van der Waals surface area (Å²) in [6.45, 7) is -0.378. The van der Waals surface area contributed by atoms with Crippen LogP contribution in [0, 0.1) is 5.92 Å². The number of nitrogens with zero attached hydrogens (tertiary/aromatic N) is 2. The second-order valence-electron chi connectivity index (χ2n) is 9.73. The summed E-state index contributed by atoms with van der Waals surface area (Å²) in [6, 6.07) is 18.6. The lowest BCUT2D eigenvalue weighted by atomic mass is 9.83. The van der Waals surface area contributed by atoms with Gasteiger partial charge in [0.25, 0.3) is 0 Å². The van der Waals surface area contributed by atoms with Crippen LogP contribution in [0.1, 0.15) is 21.9 Å². The van der Waals surface area contributed by atoms with E-state index in [2.05, 4.69) is 5.32 Å². The maximum Gasteiger partial charge on any atom is 0.416 e. The topological polar surface area (TPSA) is 109 Å². The van der Waals surface area contributed by atoms with Crippen molar-refractivity contribution in [3.63, 3.8) is 0 Å². The third-order valence-electron chi connectivity index (χ3n) is 7.09. The maximum atomic E-state index is 13.9. The average molecular weight is 612 g/mol. The molecule has 3 atom stereocenters. The molecule has 2 N–H and O–H groups in total. The van der Waals surface area contributed by atoms with Gasteiger partial charge in [0.15, 0.2) is 0 Å². The number of phenols is 1. The molecule has 3 heterocycles. The minimum absolute atomic E-state index is 0.0176. The van der Waals surface area contributed by atoms with Crippen LogP contribution in [0.3, 0.4) is 0 Å². The number of alkyl halides is 3. The Balaban J connectivity index is 1.39. The molecule has 6 rings (SSSR count). The number of hydrogen-bond donors (Lipinski definition) is 2. The number of imide groups is 1. The Morgan fingerprint density at radius 3 is 2.33 bits per heavy atom. The Kier molecular flexibility index (Phi) is 6.93. The summed E-state index contributed by atoms with van der Waals surface area (Å²) in [5, 5.41) is 11.5. The number of halogens is 3. The quantitative estimate of drug-likeness (QED) is 0.241. The zero-order chi connectivity index (χ0) is 29.8. The van der Waals surface area contributed by atoms with Gasteiger partial charge in [0.2, 0.25) is 17.7 Å². The van der Waals surface area contributed by atoms with Gasteiger partial charge in [-0.25, -0.2) is 4.90 Å². The fourth-order valence-corrected chi connectivity index (χ4v) is 8.01. The summed E-state index contributed by atoms with van der Waals surface area (Å²) >= 11 is 1.84. The molecular weight excluding hydrogens is 591 g/mol. The van der Waals surface area contributed by atoms with Gasteiger partial charge in [0.05, 0.1) is 22.2 Å². The molecule has 8 nitrogen and oxygen atoms in total. The molecule has 1 fully saturated rings. The SMILES string of the molecule is O=C(Cn1c2c(sc1=O)[C@H](c1ccccc1)C1C(=O)N(c3cccc(C(F)(F)F)c3)C(=O)C1S2)Nc1ccc(O)cc1. The highest BCUT2D eigenvalue weighted by Gasteiger charge is 2.57. The highest BCUT2D eigenvalue weighted by Crippen LogP contribution is 2.54. The Bertz CT molecular complexity index is 1770. The predicted molar refractivity (Wildman–Crippen MR) is 151 cm³/mol. The van der Waals surface area contributed by atoms with Gasteiger partial charge in [-0.15, -0.1) is 0 Å². The van der Waals surface area contributed by atoms with E-state index in [1.807, 2.05) is 0 Å². The van der Waals surface area contributed by atoms with Crippen LogP contribution in [0.5, 0.6) is 5.75 Å². The maximum absolute atomic E-state index is 13.9. The minimum atomic E-state index is -4.67. The zero-order valence-corrected chi connectivity index (χ0v) is 23.0. The first kappa shape index (κ1) is 27.8. The Hall–Kier alpha value is -4.36. The molecule has 1 saturated heterocycles. The lowest BCUT2D eigenvalue weighted by Crippen LogP contribution is -2.33. The van der Waals surface area contributed by atoms with Crippen molar-refractivity contribution in [1.82, 2.24) is 4.57 Å². The number of amides is 3. The van der Waals surface area contributed by atoms with E-state index >= 15 is 0 Å². The van der Waals surface area contributed by atoms with Gasteiger partial charge in [-0.05, 0) is 48.0 Å². The number of thiazole rings is 1. The monoisotopic (exact) mass is 611 g/mol. The molecule has 42 heavy (non-hydrogen) atoms. The van der Waals surface area contributed by atoms with Crippen molar-refractivity contribution in [3.05, 3.63) is 105 Å². The van der Waals surface area contributed by atoms with Gasteiger partial charge in [-0.3, -0.25) is 23.7 Å². The van der Waals surface area contributed by atoms with E-state index < -0.39 is 51.4 Å². The molecule has 0 bridgehead atoms. The van der Waals surface area contributed by atoms with Gasteiger partial charge in [0.1, 0.15) is 17.5 Å². The fourth-order valence-electron chi connectivity index (χ4n) is 5.24. The van der Waals surface area contributed by atoms with E-state index in [-0.39, 0.29) is 18.0 Å². The average Bonchev–Trinajstić information content (AvgIpc) is 3.40. The fraction of sp³-hybridized carbons (Fsp3) is 0.172. The van der Waals surface area contributed by atoms with Crippen molar-refractivity contribution >= 4 is 52.2 Å². The summed E-state index contributed by atoms with van der Waals surface area (Å²) in [5.41, 5.74) is -0.118. The molecule has 0 saturated carbocycles. The van der Waals surface area contributed by atoms with E-state index in [1.165, 1.54) is 34.9 Å². The van der Waals surface area contributed by atoms with Gasteiger partial charge >= 0.3 is 11.0 Å². The number of fused-ring (bicyclic) bond motifs is 2. The smallest absolute Gasteiger partial charge is 0.416 e. The van der Waals surface area contributed by atoms with Crippen molar-refractivity contribution in [1.29, 1.82) is 0 Å². The first-order valence-corrected chi connectivity index (χ1v) is 14.3. The largest absolute Gasteiger partial charge is 0.508 e. The standard InChI is InChI=1S/C29H20F3N3O5S2/c30-29(31,32)16-7-4-8-18(13-16)35-25(38)22-21(15-5-2-1-3-6-15)24-27(41-23(22)26(35)39)34(28(40)42-24)14-20(37)33-17-9-11-19(36)12-10-17/h1-13,21-23,36H,14H2,(H,33,37)/t21-,22?,23?/m1/s1. The molecule has 1 aromatic heterocycles. The molecule has 2 aliphatic heterocycles. The van der Waals surface area contributed by atoms with Crippen molar-refractivity contribution in [2.75, 3.05) is 10.2 Å². The number of phenolic OH excluding ortho intramolecular Hbond substituents is 1. The number of benzene rings is 3. The minimum Gasteiger partial charge on any atom is -0.508 e. The molecule has 4 aromatic rings. The van der Waals surface area contributed by atoms with Crippen LogP contribution >= 0.6 is 23.1 Å². The normalized spacial score (nSPS) is 19.9. The van der Waals surface area contributed by atoms with Crippen LogP contribution < -0.4 is 15.1 Å². The number of carbonyl (C=O) groups excluding carboxylic acids is 3. The molecule has 2 unspecified atom stereocenters. The second kappa shape index (κ2) is 10.5. The van der Waals surface area contributed by atoms with E-state index in [1.54, 1.807) is 30.3 Å². The number of nitrogens with one attached hydrogen (secondary N) is 1. The van der Waals surface area contributed by atoms with E-state index in [9.17, 15) is 37.5 Å². The summed E-state index contributed by atoms with van der Waals surface area (Å²) in [5.74, 6) is -3.58. The number of thioether (sulfide) groups is 1. The van der Waals surface area contributed by atoms with Crippen LogP contribution in [0.4, 0.5) is 24.5 Å². The van der Waals surface area contributed by atoms with Crippen molar-refractivity contribution in [2.24, 2.45) is 5.92 Å². The predicted octanol–water partition coefficient (Wildman–Crippen LogP) is 5.07. The Morgan fingerprint density at radius 1 is 0.929 bits per heavy atom. The number of aromatic hydroxyl groups is 1. The number of carbonyl (C=O) groups is 3. The molecule has 2 aliphatic rings. The first-order chi connectivity index (χ1) is 20.0. The molecule has 0 radical (unpaired) electrons. The summed E-state index contributed by atoms with van der Waals surface area (Å²) in [6.07, 6.45) is -4.67. The van der Waals surface area contributed by atoms with Crippen LogP contribution in [-0.4, -0.2) is 32.6 Å². The number of anilines is 2. The summed E-state index contributed by atoms with van der Waals surface area (Å²) < 4.78 is 41.6. The highest BCUT2D eigenvalue weighted by molar-refractivity contribution is 8.00. The van der Waals surface area contributed by atoms with Crippen LogP contribution in [0.15, 0.2) is 88.7 Å². The molecule has 0 aliphatic carbocycles. The van der Waals surface area contributed by atoms with E-state index in [0.717, 1.165) is 46.2 Å². The van der Waals surface area contributed by atoms with Crippen molar-refractivity contribution < 1.29 is 32.7 Å². The Labute approximate surface area is 244 Å². The molecule has 3 amide bonds. The first-order valence-electron chi connectivity index (χ1n) is 12.6. The third kappa shape index (κ3) is 4.88. The highest BCUT2D eigenvalue weighted by atomic mass is 32.2. The molecule has 3 aromatic carbocycles. The van der Waals surface area contributed by atoms with Gasteiger partial charge in [-0.2, -0.15) is 13.2 Å². The lowest BCUT2D eigenvalue weighted by Gasteiger charge is -2.30. The van der Waals surface area contributed by atoms with E-state index in [4.69, 9.17) is 0 Å². The lowest BCUT2D eigenvalue weighted by molar-refractivity contribution is -0.137. The number of aromatic nitrogens is 1. The second-order valence-corrected chi connectivity index (χ2v) is 11.9. The molecular formula is C29H20F3N3O5S2. The number of rotatable bonds is 5. The zero-order valence-electron chi connectivity index (χ0n) is 21.4. The molecule has 214 valence electrons. The van der Waals surface area contributed by atoms with Gasteiger partial charge in [0, 0.05) is 16.5 Å². The molecule has 0 spiro atoms. The van der Waals surface area contributed by atoms with Crippen LogP contribution in [-0.2, 0) is 27.1 Å². The van der Waals surface area contributed by atoms with Crippen LogP contribution in [0.2, 0.25) is 0 Å². The van der Waals surface area contributed by atoms with Gasteiger partial charge in [-0.1, -0.05) is 59.5 Å². The van der Waals surface area contributed by atoms with E-state index in [0.29, 0.717) is 21.2 Å². The van der Waals surface area contributed by atoms with Crippen molar-refractivity contribution in [3.8, 4) is 5.75 Å². The van der Waals surface area contributed by atoms with Crippen LogP contribution in [0.25, 0.3) is 0 Å². The third-order valence-corrected chi connectivity index (χ3v) is 9.70. The summed E-state index contributed by atoms with van der Waals surface area (Å²) in [7, 11) is 0. The summed E-state index contributed by atoms with van der Waals surface area (Å²) in [4.78, 5) is 54.5. The van der Waals surface area contributed by atoms with Gasteiger partial charge < -0.3 is 10.4 Å². The van der Waals surface area contributed by atoms with Crippen molar-refractivity contribution in [2.45, 2.75) is 28.9 Å². The molecule has 13 heteroatoms.